The highest BCUT2D eigenvalue weighted by molar-refractivity contribution is 5.55. The molecule has 4 heteroatoms. The monoisotopic (exact) mass is 268 g/mol. The summed E-state index contributed by atoms with van der Waals surface area (Å²) in [5, 5.41) is 3.17. The second kappa shape index (κ2) is 8.12. The van der Waals surface area contributed by atoms with Crippen molar-refractivity contribution in [2.75, 3.05) is 38.3 Å². The number of ether oxygens (including phenoxy) is 1. The van der Waals surface area contributed by atoms with Crippen LogP contribution in [0.2, 0.25) is 0 Å². The standard InChI is InChI=1S/C15H25FN2O/c1-5-18(9-10-19-6-2)15-8-7-13(16)11-14(15)12(3)17-4/h7-8,11-12,17H,5-6,9-10H2,1-4H3. The highest BCUT2D eigenvalue weighted by atomic mass is 19.1. The normalized spacial score (nSPS) is 12.5. The van der Waals surface area contributed by atoms with Gasteiger partial charge in [0, 0.05) is 31.4 Å². The molecular weight excluding hydrogens is 243 g/mol. The smallest absolute Gasteiger partial charge is 0.123 e. The molecule has 1 N–H and O–H groups in total. The molecule has 0 amide bonds. The number of nitrogens with zero attached hydrogens (tertiary/aromatic N) is 1. The first-order valence-corrected chi connectivity index (χ1v) is 6.93. The van der Waals surface area contributed by atoms with Gasteiger partial charge in [0.25, 0.3) is 0 Å². The van der Waals surface area contributed by atoms with Crippen LogP contribution in [0.3, 0.4) is 0 Å². The van der Waals surface area contributed by atoms with Crippen molar-refractivity contribution < 1.29 is 9.13 Å². The molecule has 19 heavy (non-hydrogen) atoms. The maximum atomic E-state index is 13.4. The average molecular weight is 268 g/mol. The minimum absolute atomic E-state index is 0.117. The number of likely N-dealkylation sites (N-methyl/N-ethyl adjacent to an activating group) is 1. The van der Waals surface area contributed by atoms with Gasteiger partial charge in [-0.25, -0.2) is 4.39 Å². The summed E-state index contributed by atoms with van der Waals surface area (Å²) in [6.45, 7) is 9.23. The molecule has 0 aromatic heterocycles. The first-order valence-electron chi connectivity index (χ1n) is 6.93. The summed E-state index contributed by atoms with van der Waals surface area (Å²) in [4.78, 5) is 2.22. The number of nitrogens with one attached hydrogen (secondary N) is 1. The van der Waals surface area contributed by atoms with E-state index in [1.807, 2.05) is 27.0 Å². The van der Waals surface area contributed by atoms with E-state index in [4.69, 9.17) is 4.74 Å². The van der Waals surface area contributed by atoms with Gasteiger partial charge in [0.2, 0.25) is 0 Å². The van der Waals surface area contributed by atoms with Crippen molar-refractivity contribution in [1.82, 2.24) is 5.32 Å². The number of benzene rings is 1. The zero-order valence-corrected chi connectivity index (χ0v) is 12.4. The highest BCUT2D eigenvalue weighted by Gasteiger charge is 2.14. The van der Waals surface area contributed by atoms with E-state index in [9.17, 15) is 4.39 Å². The Kier molecular flexibility index (Phi) is 6.81. The van der Waals surface area contributed by atoms with E-state index < -0.39 is 0 Å². The topological polar surface area (TPSA) is 24.5 Å². The molecule has 0 aliphatic rings. The summed E-state index contributed by atoms with van der Waals surface area (Å²) >= 11 is 0. The Bertz CT molecular complexity index is 384. The van der Waals surface area contributed by atoms with Crippen molar-refractivity contribution in [3.63, 3.8) is 0 Å². The Morgan fingerprint density at radius 2 is 2.11 bits per heavy atom. The summed E-state index contributed by atoms with van der Waals surface area (Å²) in [6, 6.07) is 5.10. The molecule has 108 valence electrons. The van der Waals surface area contributed by atoms with Crippen molar-refractivity contribution in [3.8, 4) is 0 Å². The lowest BCUT2D eigenvalue weighted by Crippen LogP contribution is -2.29. The molecule has 1 rings (SSSR count). The van der Waals surface area contributed by atoms with Crippen LogP contribution >= 0.6 is 0 Å². The van der Waals surface area contributed by atoms with Crippen LogP contribution in [0.4, 0.5) is 10.1 Å². The molecule has 0 heterocycles. The molecule has 0 radical (unpaired) electrons. The van der Waals surface area contributed by atoms with Gasteiger partial charge in [0.1, 0.15) is 5.82 Å². The molecule has 0 aliphatic carbocycles. The van der Waals surface area contributed by atoms with Gasteiger partial charge < -0.3 is 15.0 Å². The molecule has 0 fully saturated rings. The zero-order chi connectivity index (χ0) is 14.3. The van der Waals surface area contributed by atoms with E-state index in [1.165, 1.54) is 6.07 Å². The van der Waals surface area contributed by atoms with Gasteiger partial charge in [0.05, 0.1) is 6.61 Å². The van der Waals surface area contributed by atoms with Crippen molar-refractivity contribution in [2.45, 2.75) is 26.8 Å². The molecule has 1 aromatic rings. The maximum Gasteiger partial charge on any atom is 0.123 e. The van der Waals surface area contributed by atoms with Crippen LogP contribution in [0.25, 0.3) is 0 Å². The largest absolute Gasteiger partial charge is 0.380 e. The van der Waals surface area contributed by atoms with Crippen molar-refractivity contribution in [2.24, 2.45) is 0 Å². The van der Waals surface area contributed by atoms with Crippen LogP contribution in [-0.2, 0) is 4.74 Å². The molecule has 0 aliphatic heterocycles. The van der Waals surface area contributed by atoms with Gasteiger partial charge in [-0.15, -0.1) is 0 Å². The van der Waals surface area contributed by atoms with Crippen LogP contribution in [0.15, 0.2) is 18.2 Å². The van der Waals surface area contributed by atoms with Gasteiger partial charge in [0.15, 0.2) is 0 Å². The van der Waals surface area contributed by atoms with Gasteiger partial charge in [-0.2, -0.15) is 0 Å². The number of anilines is 1. The van der Waals surface area contributed by atoms with Crippen LogP contribution in [-0.4, -0.2) is 33.4 Å². The third-order valence-electron chi connectivity index (χ3n) is 3.32. The van der Waals surface area contributed by atoms with E-state index in [-0.39, 0.29) is 11.9 Å². The molecule has 0 saturated carbocycles. The van der Waals surface area contributed by atoms with E-state index in [1.54, 1.807) is 6.07 Å². The summed E-state index contributed by atoms with van der Waals surface area (Å²) in [5.41, 5.74) is 2.06. The highest BCUT2D eigenvalue weighted by Crippen LogP contribution is 2.27. The van der Waals surface area contributed by atoms with Gasteiger partial charge in [-0.1, -0.05) is 0 Å². The number of rotatable bonds is 8. The summed E-state index contributed by atoms with van der Waals surface area (Å²) < 4.78 is 18.9. The van der Waals surface area contributed by atoms with Crippen LogP contribution in [0, 0.1) is 5.82 Å². The second-order valence-electron chi connectivity index (χ2n) is 4.49. The molecule has 1 aromatic carbocycles. The van der Waals surface area contributed by atoms with Gasteiger partial charge in [-0.05, 0) is 51.6 Å². The van der Waals surface area contributed by atoms with E-state index in [0.717, 1.165) is 30.9 Å². The van der Waals surface area contributed by atoms with Gasteiger partial charge in [-0.3, -0.25) is 0 Å². The first-order chi connectivity index (χ1) is 9.13. The van der Waals surface area contributed by atoms with Crippen molar-refractivity contribution in [1.29, 1.82) is 0 Å². The fraction of sp³-hybridized carbons (Fsp3) is 0.600. The average Bonchev–Trinajstić information content (AvgIpc) is 2.43. The minimum atomic E-state index is -0.193. The predicted molar refractivity (Wildman–Crippen MR) is 78.3 cm³/mol. The quantitative estimate of drug-likeness (QED) is 0.734. The molecule has 0 bridgehead atoms. The van der Waals surface area contributed by atoms with Crippen LogP contribution < -0.4 is 10.2 Å². The molecule has 1 atom stereocenters. The lowest BCUT2D eigenvalue weighted by molar-refractivity contribution is 0.154. The predicted octanol–water partition coefficient (Wildman–Crippen LogP) is 2.97. The molecular formula is C15H25FN2O. The van der Waals surface area contributed by atoms with Crippen LogP contribution in [0.5, 0.6) is 0 Å². The molecule has 0 spiro atoms. The Labute approximate surface area is 115 Å². The summed E-state index contributed by atoms with van der Waals surface area (Å²) in [5.74, 6) is -0.193. The van der Waals surface area contributed by atoms with E-state index in [0.29, 0.717) is 6.61 Å². The van der Waals surface area contributed by atoms with Crippen LogP contribution in [0.1, 0.15) is 32.4 Å². The Hall–Kier alpha value is -1.13. The van der Waals surface area contributed by atoms with Crippen molar-refractivity contribution >= 4 is 5.69 Å². The molecule has 0 saturated heterocycles. The molecule has 1 unspecified atom stereocenters. The minimum Gasteiger partial charge on any atom is -0.380 e. The second-order valence-corrected chi connectivity index (χ2v) is 4.49. The Balaban J connectivity index is 2.94. The van der Waals surface area contributed by atoms with Gasteiger partial charge >= 0.3 is 0 Å². The maximum absolute atomic E-state index is 13.4. The summed E-state index contributed by atoms with van der Waals surface area (Å²) in [6.07, 6.45) is 0. The Morgan fingerprint density at radius 1 is 1.37 bits per heavy atom. The van der Waals surface area contributed by atoms with E-state index in [2.05, 4.69) is 17.1 Å². The van der Waals surface area contributed by atoms with E-state index >= 15 is 0 Å². The summed E-state index contributed by atoms with van der Waals surface area (Å²) in [7, 11) is 1.88. The lowest BCUT2D eigenvalue weighted by Gasteiger charge is -2.27. The van der Waals surface area contributed by atoms with Crippen molar-refractivity contribution in [3.05, 3.63) is 29.6 Å². The first kappa shape index (κ1) is 15.9. The third kappa shape index (κ3) is 4.48. The number of halogens is 1. The fourth-order valence-corrected chi connectivity index (χ4v) is 2.08. The number of hydrogen-bond donors (Lipinski definition) is 1. The third-order valence-corrected chi connectivity index (χ3v) is 3.32. The SMILES string of the molecule is CCOCCN(CC)c1ccc(F)cc1C(C)NC. The molecule has 3 nitrogen and oxygen atoms in total. The Morgan fingerprint density at radius 3 is 2.68 bits per heavy atom. The fourth-order valence-electron chi connectivity index (χ4n) is 2.08. The lowest BCUT2D eigenvalue weighted by atomic mass is 10.0. The zero-order valence-electron chi connectivity index (χ0n) is 12.4. The number of hydrogen-bond acceptors (Lipinski definition) is 3.